The number of carbonyl (C=O) groups is 1. The van der Waals surface area contributed by atoms with E-state index in [4.69, 9.17) is 19.0 Å². The summed E-state index contributed by atoms with van der Waals surface area (Å²) < 4.78 is 16.0. The molecule has 0 aliphatic heterocycles. The zero-order valence-electron chi connectivity index (χ0n) is 13.6. The van der Waals surface area contributed by atoms with Gasteiger partial charge in [0.1, 0.15) is 12.4 Å². The maximum Gasteiger partial charge on any atom is 0.361 e. The van der Waals surface area contributed by atoms with Crippen LogP contribution in [0.1, 0.15) is 10.5 Å². The lowest BCUT2D eigenvalue weighted by Gasteiger charge is -2.01. The molecule has 128 valence electrons. The molecule has 2 aromatic carbocycles. The summed E-state index contributed by atoms with van der Waals surface area (Å²) in [5.41, 5.74) is 1.50. The topological polar surface area (TPSA) is 81.8 Å². The summed E-state index contributed by atoms with van der Waals surface area (Å²) in [6.07, 6.45) is 0. The van der Waals surface area contributed by atoms with Crippen molar-refractivity contribution in [2.75, 3.05) is 20.3 Å². The Morgan fingerprint density at radius 2 is 1.80 bits per heavy atom. The molecule has 0 aliphatic rings. The first-order valence-corrected chi connectivity index (χ1v) is 7.71. The van der Waals surface area contributed by atoms with Gasteiger partial charge in [0.15, 0.2) is 11.5 Å². The number of aliphatic hydroxyl groups excluding tert-OH is 1. The van der Waals surface area contributed by atoms with Crippen LogP contribution in [0.3, 0.4) is 0 Å². The van der Waals surface area contributed by atoms with Crippen LogP contribution in [0.25, 0.3) is 22.8 Å². The maximum absolute atomic E-state index is 12.3. The molecular weight excluding hydrogens is 322 g/mol. The second-order valence-electron chi connectivity index (χ2n) is 5.15. The van der Waals surface area contributed by atoms with Gasteiger partial charge >= 0.3 is 5.97 Å². The molecule has 25 heavy (non-hydrogen) atoms. The van der Waals surface area contributed by atoms with Crippen molar-refractivity contribution in [1.29, 1.82) is 0 Å². The number of carbonyl (C=O) groups excluding carboxylic acids is 1. The van der Waals surface area contributed by atoms with Crippen LogP contribution < -0.4 is 4.74 Å². The summed E-state index contributed by atoms with van der Waals surface area (Å²) in [6.45, 7) is -0.354. The van der Waals surface area contributed by atoms with Gasteiger partial charge < -0.3 is 19.0 Å². The Hall–Kier alpha value is -3.12. The lowest BCUT2D eigenvalue weighted by molar-refractivity contribution is 0.0428. The van der Waals surface area contributed by atoms with Gasteiger partial charge in [-0.3, -0.25) is 0 Å². The van der Waals surface area contributed by atoms with Crippen LogP contribution in [0.4, 0.5) is 0 Å². The Kier molecular flexibility index (Phi) is 5.11. The highest BCUT2D eigenvalue weighted by Crippen LogP contribution is 2.31. The smallest absolute Gasteiger partial charge is 0.361 e. The Morgan fingerprint density at radius 1 is 1.08 bits per heavy atom. The molecule has 6 heteroatoms. The van der Waals surface area contributed by atoms with Gasteiger partial charge in [-0.25, -0.2) is 9.78 Å². The maximum atomic E-state index is 12.3. The molecular formula is C19H17NO5. The minimum absolute atomic E-state index is 0.0745. The number of aliphatic hydroxyl groups is 1. The first-order valence-electron chi connectivity index (χ1n) is 7.71. The Balaban J connectivity index is 2.02. The zero-order valence-corrected chi connectivity index (χ0v) is 13.6. The fraction of sp³-hybridized carbons (Fsp3) is 0.158. The van der Waals surface area contributed by atoms with E-state index in [0.717, 1.165) is 0 Å². The van der Waals surface area contributed by atoms with E-state index >= 15 is 0 Å². The van der Waals surface area contributed by atoms with Crippen molar-refractivity contribution < 1.29 is 23.8 Å². The highest BCUT2D eigenvalue weighted by Gasteiger charge is 2.23. The van der Waals surface area contributed by atoms with Crippen LogP contribution in [-0.2, 0) is 4.74 Å². The van der Waals surface area contributed by atoms with Crippen molar-refractivity contribution in [3.8, 4) is 28.5 Å². The summed E-state index contributed by atoms with van der Waals surface area (Å²) in [6, 6.07) is 16.3. The number of aromatic nitrogens is 1. The van der Waals surface area contributed by atoms with Gasteiger partial charge in [-0.15, -0.1) is 0 Å². The van der Waals surface area contributed by atoms with Gasteiger partial charge in [0.25, 0.3) is 0 Å². The number of rotatable bonds is 6. The molecule has 6 nitrogen and oxygen atoms in total. The summed E-state index contributed by atoms with van der Waals surface area (Å²) >= 11 is 0. The van der Waals surface area contributed by atoms with E-state index < -0.39 is 5.97 Å². The normalized spacial score (nSPS) is 10.5. The second-order valence-corrected chi connectivity index (χ2v) is 5.15. The van der Waals surface area contributed by atoms with Gasteiger partial charge in [-0.05, 0) is 24.3 Å². The number of esters is 1. The quantitative estimate of drug-likeness (QED) is 0.695. The molecule has 0 unspecified atom stereocenters. The molecule has 0 atom stereocenters. The third kappa shape index (κ3) is 3.70. The summed E-state index contributed by atoms with van der Waals surface area (Å²) in [7, 11) is 1.59. The molecule has 3 rings (SSSR count). The van der Waals surface area contributed by atoms with Gasteiger partial charge in [-0.1, -0.05) is 30.3 Å². The van der Waals surface area contributed by atoms with Crippen LogP contribution >= 0.6 is 0 Å². The largest absolute Gasteiger partial charge is 0.497 e. The first kappa shape index (κ1) is 16.7. The average Bonchev–Trinajstić information content (AvgIpc) is 3.12. The summed E-state index contributed by atoms with van der Waals surface area (Å²) in [5, 5.41) is 8.85. The number of benzene rings is 2. The van der Waals surface area contributed by atoms with Crippen LogP contribution in [0, 0.1) is 0 Å². The van der Waals surface area contributed by atoms with Crippen molar-refractivity contribution >= 4 is 5.97 Å². The number of ether oxygens (including phenoxy) is 2. The summed E-state index contributed by atoms with van der Waals surface area (Å²) in [5.74, 6) is 0.699. The minimum Gasteiger partial charge on any atom is -0.497 e. The monoisotopic (exact) mass is 339 g/mol. The SMILES string of the molecule is COc1ccc(-c2nc(C(=O)OCCO)c(-c3ccccc3)o2)cc1. The number of hydrogen-bond donors (Lipinski definition) is 1. The number of nitrogens with zero attached hydrogens (tertiary/aromatic N) is 1. The van der Waals surface area contributed by atoms with E-state index in [0.29, 0.717) is 28.5 Å². The molecule has 0 fully saturated rings. The fourth-order valence-corrected chi connectivity index (χ4v) is 2.31. The van der Waals surface area contributed by atoms with Crippen molar-refractivity contribution in [1.82, 2.24) is 4.98 Å². The van der Waals surface area contributed by atoms with Gasteiger partial charge in [0.2, 0.25) is 5.89 Å². The standard InChI is InChI=1S/C19H17NO5/c1-23-15-9-7-14(8-10-15)18-20-16(19(22)24-12-11-21)17(25-18)13-5-3-2-4-6-13/h2-10,21H,11-12H2,1H3. The molecule has 3 aromatic rings. The predicted octanol–water partition coefficient (Wildman–Crippen LogP) is 3.17. The Bertz CT molecular complexity index is 840. The fourth-order valence-electron chi connectivity index (χ4n) is 2.31. The van der Waals surface area contributed by atoms with E-state index in [9.17, 15) is 4.79 Å². The first-order chi connectivity index (χ1) is 12.2. The van der Waals surface area contributed by atoms with Gasteiger partial charge in [-0.2, -0.15) is 0 Å². The van der Waals surface area contributed by atoms with Crippen molar-refractivity contribution in [2.24, 2.45) is 0 Å². The molecule has 0 radical (unpaired) electrons. The van der Waals surface area contributed by atoms with Crippen LogP contribution in [-0.4, -0.2) is 36.4 Å². The Morgan fingerprint density at radius 3 is 2.44 bits per heavy atom. The lowest BCUT2D eigenvalue weighted by Crippen LogP contribution is -2.10. The van der Waals surface area contributed by atoms with Crippen LogP contribution in [0.2, 0.25) is 0 Å². The van der Waals surface area contributed by atoms with E-state index in [1.165, 1.54) is 0 Å². The molecule has 0 amide bonds. The molecule has 0 aliphatic carbocycles. The zero-order chi connectivity index (χ0) is 17.6. The van der Waals surface area contributed by atoms with Crippen LogP contribution in [0.5, 0.6) is 5.75 Å². The van der Waals surface area contributed by atoms with Crippen molar-refractivity contribution in [3.63, 3.8) is 0 Å². The third-order valence-corrected chi connectivity index (χ3v) is 3.52. The van der Waals surface area contributed by atoms with Gasteiger partial charge in [0, 0.05) is 11.1 Å². The molecule has 1 N–H and O–H groups in total. The van der Waals surface area contributed by atoms with Gasteiger partial charge in [0.05, 0.1) is 13.7 Å². The lowest BCUT2D eigenvalue weighted by atomic mass is 10.1. The van der Waals surface area contributed by atoms with Crippen molar-refractivity contribution in [2.45, 2.75) is 0 Å². The predicted molar refractivity (Wildman–Crippen MR) is 91.3 cm³/mol. The molecule has 1 aromatic heterocycles. The van der Waals surface area contributed by atoms with E-state index in [1.54, 1.807) is 31.4 Å². The molecule has 0 bridgehead atoms. The second kappa shape index (κ2) is 7.63. The van der Waals surface area contributed by atoms with E-state index in [2.05, 4.69) is 4.98 Å². The average molecular weight is 339 g/mol. The molecule has 0 spiro atoms. The highest BCUT2D eigenvalue weighted by molar-refractivity contribution is 5.94. The molecule has 0 saturated heterocycles. The third-order valence-electron chi connectivity index (χ3n) is 3.52. The number of hydrogen-bond acceptors (Lipinski definition) is 6. The number of oxazole rings is 1. The van der Waals surface area contributed by atoms with E-state index in [1.807, 2.05) is 30.3 Å². The minimum atomic E-state index is -0.642. The van der Waals surface area contributed by atoms with Crippen molar-refractivity contribution in [3.05, 3.63) is 60.3 Å². The highest BCUT2D eigenvalue weighted by atomic mass is 16.5. The molecule has 0 saturated carbocycles. The number of methoxy groups -OCH3 is 1. The van der Waals surface area contributed by atoms with E-state index in [-0.39, 0.29) is 18.9 Å². The summed E-state index contributed by atoms with van der Waals surface area (Å²) in [4.78, 5) is 16.6. The molecule has 1 heterocycles. The van der Waals surface area contributed by atoms with Crippen LogP contribution in [0.15, 0.2) is 59.0 Å². The Labute approximate surface area is 144 Å².